The van der Waals surface area contributed by atoms with Gasteiger partial charge in [0.2, 0.25) is 10.0 Å². The van der Waals surface area contributed by atoms with Gasteiger partial charge in [-0.1, -0.05) is 37.1 Å². The Hall–Kier alpha value is -1.89. The van der Waals surface area contributed by atoms with E-state index in [1.165, 1.54) is 28.6 Å². The lowest BCUT2D eigenvalue weighted by molar-refractivity contribution is 0.102. The van der Waals surface area contributed by atoms with E-state index < -0.39 is 10.0 Å². The average Bonchev–Trinajstić information content (AvgIpc) is 2.61. The summed E-state index contributed by atoms with van der Waals surface area (Å²) in [5, 5.41) is 3.14. The number of nitrogens with zero attached hydrogens (tertiary/aromatic N) is 1. The second kappa shape index (κ2) is 8.47. The van der Waals surface area contributed by atoms with Crippen LogP contribution in [0.1, 0.15) is 30.1 Å². The molecule has 0 saturated heterocycles. The number of anilines is 1. The fourth-order valence-electron chi connectivity index (χ4n) is 2.22. The summed E-state index contributed by atoms with van der Waals surface area (Å²) >= 11 is 6.02. The molecule has 2 rings (SSSR count). The number of benzene rings is 2. The zero-order valence-corrected chi connectivity index (χ0v) is 15.8. The van der Waals surface area contributed by atoms with Crippen LogP contribution in [0.5, 0.6) is 0 Å². The molecule has 0 radical (unpaired) electrons. The molecule has 25 heavy (non-hydrogen) atoms. The number of carbonyl (C=O) groups is 1. The molecular weight excluding hydrogens is 360 g/mol. The van der Waals surface area contributed by atoms with Crippen LogP contribution in [0.3, 0.4) is 0 Å². The van der Waals surface area contributed by atoms with Gasteiger partial charge in [-0.2, -0.15) is 0 Å². The number of amides is 1. The van der Waals surface area contributed by atoms with E-state index in [-0.39, 0.29) is 10.8 Å². The fraction of sp³-hybridized carbons (Fsp3) is 0.278. The Labute approximate surface area is 153 Å². The van der Waals surface area contributed by atoms with Crippen LogP contribution in [0, 0.1) is 0 Å². The summed E-state index contributed by atoms with van der Waals surface area (Å²) in [5.74, 6) is -0.351. The van der Waals surface area contributed by atoms with Crippen molar-refractivity contribution in [1.82, 2.24) is 4.31 Å². The number of para-hydroxylation sites is 1. The monoisotopic (exact) mass is 380 g/mol. The van der Waals surface area contributed by atoms with Crippen LogP contribution < -0.4 is 5.32 Å². The quantitative estimate of drug-likeness (QED) is 0.789. The van der Waals surface area contributed by atoms with Crippen molar-refractivity contribution in [1.29, 1.82) is 0 Å². The van der Waals surface area contributed by atoms with E-state index in [1.807, 2.05) is 6.92 Å². The largest absolute Gasteiger partial charge is 0.321 e. The highest BCUT2D eigenvalue weighted by molar-refractivity contribution is 7.89. The second-order valence-corrected chi connectivity index (χ2v) is 8.09. The first kappa shape index (κ1) is 19.4. The van der Waals surface area contributed by atoms with Gasteiger partial charge in [-0.05, 0) is 42.8 Å². The predicted octanol–water partition coefficient (Wildman–Crippen LogP) is 4.01. The molecule has 1 amide bonds. The molecule has 0 aliphatic heterocycles. The Balaban J connectivity index is 2.14. The number of sulfonamides is 1. The van der Waals surface area contributed by atoms with Crippen LogP contribution in [-0.4, -0.2) is 32.2 Å². The zero-order valence-electron chi connectivity index (χ0n) is 14.2. The molecule has 134 valence electrons. The van der Waals surface area contributed by atoms with Gasteiger partial charge in [-0.25, -0.2) is 12.7 Å². The molecule has 0 heterocycles. The second-order valence-electron chi connectivity index (χ2n) is 5.64. The van der Waals surface area contributed by atoms with Gasteiger partial charge in [0.15, 0.2) is 0 Å². The first-order valence-corrected chi connectivity index (χ1v) is 9.80. The van der Waals surface area contributed by atoms with E-state index in [1.54, 1.807) is 31.3 Å². The molecular formula is C18H21ClN2O3S. The first-order valence-electron chi connectivity index (χ1n) is 7.98. The molecule has 5 nitrogen and oxygen atoms in total. The molecule has 0 saturated carbocycles. The Bertz CT molecular complexity index is 836. The number of nitrogens with one attached hydrogen (secondary N) is 1. The van der Waals surface area contributed by atoms with Gasteiger partial charge in [-0.15, -0.1) is 0 Å². The molecule has 0 spiro atoms. The van der Waals surface area contributed by atoms with E-state index in [0.717, 1.165) is 12.8 Å². The fourth-order valence-corrected chi connectivity index (χ4v) is 3.61. The maximum absolute atomic E-state index is 12.5. The van der Waals surface area contributed by atoms with Crippen molar-refractivity contribution < 1.29 is 13.2 Å². The van der Waals surface area contributed by atoms with Crippen molar-refractivity contribution >= 4 is 33.2 Å². The Morgan fingerprint density at radius 3 is 2.36 bits per heavy atom. The highest BCUT2D eigenvalue weighted by Gasteiger charge is 2.20. The third kappa shape index (κ3) is 4.81. The standard InChI is InChI=1S/C18H21ClN2O3S/c1-3-4-13-21(2)25(23,24)15-11-9-14(10-12-15)18(22)20-17-8-6-5-7-16(17)19/h5-12H,3-4,13H2,1-2H3,(H,20,22). The minimum absolute atomic E-state index is 0.167. The molecule has 2 aromatic rings. The van der Waals surface area contributed by atoms with Gasteiger partial charge in [0.1, 0.15) is 0 Å². The molecule has 0 bridgehead atoms. The van der Waals surface area contributed by atoms with Crippen molar-refractivity contribution in [3.8, 4) is 0 Å². The molecule has 0 aliphatic carbocycles. The third-order valence-electron chi connectivity index (χ3n) is 3.77. The van der Waals surface area contributed by atoms with Gasteiger partial charge < -0.3 is 5.32 Å². The van der Waals surface area contributed by atoms with Gasteiger partial charge in [0.25, 0.3) is 5.91 Å². The molecule has 0 atom stereocenters. The Kier molecular flexibility index (Phi) is 6.58. The summed E-state index contributed by atoms with van der Waals surface area (Å²) in [7, 11) is -1.98. The Morgan fingerprint density at radius 2 is 1.76 bits per heavy atom. The van der Waals surface area contributed by atoms with Gasteiger partial charge in [-0.3, -0.25) is 4.79 Å². The van der Waals surface area contributed by atoms with Crippen molar-refractivity contribution in [2.75, 3.05) is 18.9 Å². The third-order valence-corrected chi connectivity index (χ3v) is 5.97. The number of unbranched alkanes of at least 4 members (excludes halogenated alkanes) is 1. The van der Waals surface area contributed by atoms with E-state index in [4.69, 9.17) is 11.6 Å². The maximum Gasteiger partial charge on any atom is 0.255 e. The molecule has 0 aliphatic rings. The molecule has 7 heteroatoms. The van der Waals surface area contributed by atoms with Crippen molar-refractivity contribution in [3.05, 3.63) is 59.1 Å². The predicted molar refractivity (Wildman–Crippen MR) is 101 cm³/mol. The number of halogens is 1. The highest BCUT2D eigenvalue weighted by atomic mass is 35.5. The van der Waals surface area contributed by atoms with Crippen molar-refractivity contribution in [2.24, 2.45) is 0 Å². The van der Waals surface area contributed by atoms with Crippen molar-refractivity contribution in [2.45, 2.75) is 24.7 Å². The normalized spacial score (nSPS) is 11.5. The number of rotatable bonds is 7. The van der Waals surface area contributed by atoms with Crippen LogP contribution in [0.25, 0.3) is 0 Å². The molecule has 0 aromatic heterocycles. The molecule has 0 unspecified atom stereocenters. The summed E-state index contributed by atoms with van der Waals surface area (Å²) in [6.07, 6.45) is 1.72. The van der Waals surface area contributed by atoms with Gasteiger partial charge in [0.05, 0.1) is 15.6 Å². The van der Waals surface area contributed by atoms with E-state index in [9.17, 15) is 13.2 Å². The minimum atomic E-state index is -3.54. The van der Waals surface area contributed by atoms with Gasteiger partial charge >= 0.3 is 0 Å². The minimum Gasteiger partial charge on any atom is -0.321 e. The topological polar surface area (TPSA) is 66.5 Å². The molecule has 2 aromatic carbocycles. The van der Waals surface area contributed by atoms with Crippen LogP contribution in [0.4, 0.5) is 5.69 Å². The van der Waals surface area contributed by atoms with E-state index in [2.05, 4.69) is 5.32 Å². The summed E-state index contributed by atoms with van der Waals surface area (Å²) in [5.41, 5.74) is 0.861. The number of hydrogen-bond acceptors (Lipinski definition) is 3. The first-order chi connectivity index (χ1) is 11.9. The highest BCUT2D eigenvalue weighted by Crippen LogP contribution is 2.22. The van der Waals surface area contributed by atoms with E-state index >= 15 is 0 Å². The summed E-state index contributed by atoms with van der Waals surface area (Å²) in [6, 6.07) is 12.8. The van der Waals surface area contributed by atoms with Crippen LogP contribution in [0.15, 0.2) is 53.4 Å². The lowest BCUT2D eigenvalue weighted by Crippen LogP contribution is -2.28. The summed E-state index contributed by atoms with van der Waals surface area (Å²) in [6.45, 7) is 2.47. The zero-order chi connectivity index (χ0) is 18.4. The SMILES string of the molecule is CCCCN(C)S(=O)(=O)c1ccc(C(=O)Nc2ccccc2Cl)cc1. The lowest BCUT2D eigenvalue weighted by atomic mass is 10.2. The smallest absolute Gasteiger partial charge is 0.255 e. The van der Waals surface area contributed by atoms with Crippen LogP contribution in [-0.2, 0) is 10.0 Å². The molecule has 1 N–H and O–H groups in total. The van der Waals surface area contributed by atoms with E-state index in [0.29, 0.717) is 22.8 Å². The van der Waals surface area contributed by atoms with Gasteiger partial charge in [0, 0.05) is 19.2 Å². The van der Waals surface area contributed by atoms with Crippen LogP contribution in [0.2, 0.25) is 5.02 Å². The van der Waals surface area contributed by atoms with Crippen LogP contribution >= 0.6 is 11.6 Å². The number of hydrogen-bond donors (Lipinski definition) is 1. The lowest BCUT2D eigenvalue weighted by Gasteiger charge is -2.17. The summed E-state index contributed by atoms with van der Waals surface area (Å²) in [4.78, 5) is 12.4. The Morgan fingerprint density at radius 1 is 1.12 bits per heavy atom. The molecule has 0 fully saturated rings. The summed E-state index contributed by atoms with van der Waals surface area (Å²) < 4.78 is 26.3. The average molecular weight is 381 g/mol. The van der Waals surface area contributed by atoms with Crippen molar-refractivity contribution in [3.63, 3.8) is 0 Å². The maximum atomic E-state index is 12.5. The number of carbonyl (C=O) groups excluding carboxylic acids is 1.